The molecule has 0 saturated carbocycles. The molecule has 0 aliphatic carbocycles. The highest BCUT2D eigenvalue weighted by atomic mass is 16.5. The van der Waals surface area contributed by atoms with E-state index in [1.165, 1.54) is 0 Å². The molecule has 0 bridgehead atoms. The van der Waals surface area contributed by atoms with E-state index in [-0.39, 0.29) is 23.8 Å². The van der Waals surface area contributed by atoms with Gasteiger partial charge in [-0.15, -0.1) is 0 Å². The van der Waals surface area contributed by atoms with E-state index in [0.29, 0.717) is 18.0 Å². The second-order valence-corrected chi connectivity index (χ2v) is 6.82. The lowest BCUT2D eigenvalue weighted by molar-refractivity contribution is -0.127. The SMILES string of the molecule is CC(C)(C)NC(=O)CC(=O)Nc1ccc(OCc2ccccc2)cc1. The maximum atomic E-state index is 11.9. The van der Waals surface area contributed by atoms with Crippen molar-refractivity contribution in [2.45, 2.75) is 39.3 Å². The van der Waals surface area contributed by atoms with Gasteiger partial charge in [0.2, 0.25) is 11.8 Å². The molecule has 2 rings (SSSR count). The Morgan fingerprint density at radius 3 is 2.16 bits per heavy atom. The molecule has 5 heteroatoms. The minimum absolute atomic E-state index is 0.205. The maximum absolute atomic E-state index is 11.9. The smallest absolute Gasteiger partial charge is 0.233 e. The van der Waals surface area contributed by atoms with Crippen LogP contribution in [0.15, 0.2) is 54.6 Å². The number of nitrogens with one attached hydrogen (secondary N) is 2. The van der Waals surface area contributed by atoms with Gasteiger partial charge < -0.3 is 15.4 Å². The highest BCUT2D eigenvalue weighted by Gasteiger charge is 2.16. The number of carbonyl (C=O) groups is 2. The Kier molecular flexibility index (Phi) is 6.17. The molecule has 0 unspecified atom stereocenters. The lowest BCUT2D eigenvalue weighted by Crippen LogP contribution is -2.41. The summed E-state index contributed by atoms with van der Waals surface area (Å²) in [6.07, 6.45) is -0.205. The van der Waals surface area contributed by atoms with Crippen molar-refractivity contribution >= 4 is 17.5 Å². The second-order valence-electron chi connectivity index (χ2n) is 6.82. The molecule has 2 amide bonds. The van der Waals surface area contributed by atoms with Crippen molar-refractivity contribution in [1.29, 1.82) is 0 Å². The van der Waals surface area contributed by atoms with E-state index in [4.69, 9.17) is 4.74 Å². The minimum atomic E-state index is -0.352. The first kappa shape index (κ1) is 18.5. The van der Waals surface area contributed by atoms with Gasteiger partial charge in [-0.1, -0.05) is 30.3 Å². The van der Waals surface area contributed by atoms with Crippen LogP contribution in [0.4, 0.5) is 5.69 Å². The van der Waals surface area contributed by atoms with Gasteiger partial charge in [0.05, 0.1) is 0 Å². The van der Waals surface area contributed by atoms with Gasteiger partial charge in [0.25, 0.3) is 0 Å². The van der Waals surface area contributed by atoms with Crippen molar-refractivity contribution < 1.29 is 14.3 Å². The molecule has 0 aromatic heterocycles. The first-order valence-corrected chi connectivity index (χ1v) is 8.19. The summed E-state index contributed by atoms with van der Waals surface area (Å²) in [6.45, 7) is 6.10. The third-order valence-electron chi connectivity index (χ3n) is 3.22. The fourth-order valence-electron chi connectivity index (χ4n) is 2.19. The van der Waals surface area contributed by atoms with Crippen molar-refractivity contribution in [3.63, 3.8) is 0 Å². The van der Waals surface area contributed by atoms with Gasteiger partial charge in [-0.25, -0.2) is 0 Å². The van der Waals surface area contributed by atoms with Gasteiger partial charge in [-0.2, -0.15) is 0 Å². The molecule has 0 aliphatic rings. The Morgan fingerprint density at radius 2 is 1.56 bits per heavy atom. The fourth-order valence-corrected chi connectivity index (χ4v) is 2.19. The van der Waals surface area contributed by atoms with E-state index in [0.717, 1.165) is 5.56 Å². The average Bonchev–Trinajstić information content (AvgIpc) is 2.53. The summed E-state index contributed by atoms with van der Waals surface area (Å²) >= 11 is 0. The minimum Gasteiger partial charge on any atom is -0.489 e. The fraction of sp³-hybridized carbons (Fsp3) is 0.300. The third-order valence-corrected chi connectivity index (χ3v) is 3.22. The number of benzene rings is 2. The molecule has 2 aromatic rings. The molecule has 0 saturated heterocycles. The Labute approximate surface area is 148 Å². The van der Waals surface area contributed by atoms with Crippen molar-refractivity contribution in [1.82, 2.24) is 5.32 Å². The zero-order chi connectivity index (χ0) is 18.3. The van der Waals surface area contributed by atoms with Gasteiger partial charge in [-0.05, 0) is 50.6 Å². The number of carbonyl (C=O) groups excluding carboxylic acids is 2. The topological polar surface area (TPSA) is 67.4 Å². The number of anilines is 1. The summed E-state index contributed by atoms with van der Waals surface area (Å²) in [4.78, 5) is 23.6. The first-order valence-electron chi connectivity index (χ1n) is 8.19. The van der Waals surface area contributed by atoms with E-state index >= 15 is 0 Å². The molecule has 25 heavy (non-hydrogen) atoms. The first-order chi connectivity index (χ1) is 11.8. The number of hydrogen-bond acceptors (Lipinski definition) is 3. The van der Waals surface area contributed by atoms with E-state index in [9.17, 15) is 9.59 Å². The van der Waals surface area contributed by atoms with Gasteiger partial charge in [0.1, 0.15) is 18.8 Å². The number of ether oxygens (including phenoxy) is 1. The molecular weight excluding hydrogens is 316 g/mol. The molecule has 0 fully saturated rings. The van der Waals surface area contributed by atoms with Crippen LogP contribution in [-0.4, -0.2) is 17.4 Å². The van der Waals surface area contributed by atoms with Crippen LogP contribution >= 0.6 is 0 Å². The summed E-state index contributed by atoms with van der Waals surface area (Å²) < 4.78 is 5.69. The van der Waals surface area contributed by atoms with E-state index in [1.54, 1.807) is 24.3 Å². The van der Waals surface area contributed by atoms with Gasteiger partial charge in [-0.3, -0.25) is 9.59 Å². The van der Waals surface area contributed by atoms with Crippen LogP contribution in [0.5, 0.6) is 5.75 Å². The summed E-state index contributed by atoms with van der Waals surface area (Å²) in [5.41, 5.74) is 1.36. The van der Waals surface area contributed by atoms with Crippen LogP contribution in [0.2, 0.25) is 0 Å². The predicted octanol–water partition coefficient (Wildman–Crippen LogP) is 3.51. The monoisotopic (exact) mass is 340 g/mol. The standard InChI is InChI=1S/C20H24N2O3/c1-20(2,3)22-19(24)13-18(23)21-16-9-11-17(12-10-16)25-14-15-7-5-4-6-8-15/h4-12H,13-14H2,1-3H3,(H,21,23)(H,22,24). The Bertz CT molecular complexity index is 704. The molecular formula is C20H24N2O3. The largest absolute Gasteiger partial charge is 0.489 e. The zero-order valence-corrected chi connectivity index (χ0v) is 14.8. The lowest BCUT2D eigenvalue weighted by atomic mass is 10.1. The van der Waals surface area contributed by atoms with Crippen molar-refractivity contribution in [2.75, 3.05) is 5.32 Å². The molecule has 0 radical (unpaired) electrons. The van der Waals surface area contributed by atoms with Crippen LogP contribution in [0, 0.1) is 0 Å². The summed E-state index contributed by atoms with van der Waals surface area (Å²) in [5.74, 6) is 0.0693. The molecule has 0 aliphatic heterocycles. The lowest BCUT2D eigenvalue weighted by Gasteiger charge is -2.20. The van der Waals surface area contributed by atoms with Crippen LogP contribution in [0.25, 0.3) is 0 Å². The number of rotatable bonds is 6. The molecule has 0 heterocycles. The molecule has 0 atom stereocenters. The van der Waals surface area contributed by atoms with Gasteiger partial charge >= 0.3 is 0 Å². The third kappa shape index (κ3) is 7.08. The zero-order valence-electron chi connectivity index (χ0n) is 14.8. The van der Waals surface area contributed by atoms with Gasteiger partial charge in [0, 0.05) is 11.2 Å². The molecule has 0 spiro atoms. The highest BCUT2D eigenvalue weighted by molar-refractivity contribution is 6.03. The quantitative estimate of drug-likeness (QED) is 0.791. The van der Waals surface area contributed by atoms with Crippen LogP contribution in [-0.2, 0) is 16.2 Å². The van der Waals surface area contributed by atoms with Gasteiger partial charge in [0.15, 0.2) is 0 Å². The highest BCUT2D eigenvalue weighted by Crippen LogP contribution is 2.17. The van der Waals surface area contributed by atoms with Crippen molar-refractivity contribution in [3.05, 3.63) is 60.2 Å². The van der Waals surface area contributed by atoms with Crippen LogP contribution in [0.1, 0.15) is 32.8 Å². The van der Waals surface area contributed by atoms with E-state index in [1.807, 2.05) is 51.1 Å². The Morgan fingerprint density at radius 1 is 0.920 bits per heavy atom. The maximum Gasteiger partial charge on any atom is 0.233 e. The average molecular weight is 340 g/mol. The Hall–Kier alpha value is -2.82. The summed E-state index contributed by atoms with van der Waals surface area (Å²) in [5, 5.41) is 5.46. The second kappa shape index (κ2) is 8.33. The van der Waals surface area contributed by atoms with Crippen molar-refractivity contribution in [2.24, 2.45) is 0 Å². The van der Waals surface area contributed by atoms with Crippen LogP contribution in [0.3, 0.4) is 0 Å². The molecule has 132 valence electrons. The molecule has 2 N–H and O–H groups in total. The molecule has 5 nitrogen and oxygen atoms in total. The Balaban J connectivity index is 1.81. The number of hydrogen-bond donors (Lipinski definition) is 2. The molecule has 2 aromatic carbocycles. The van der Waals surface area contributed by atoms with Crippen molar-refractivity contribution in [3.8, 4) is 5.75 Å². The van der Waals surface area contributed by atoms with E-state index < -0.39 is 0 Å². The summed E-state index contributed by atoms with van der Waals surface area (Å²) in [6, 6.07) is 17.0. The summed E-state index contributed by atoms with van der Waals surface area (Å²) in [7, 11) is 0. The number of amides is 2. The van der Waals surface area contributed by atoms with E-state index in [2.05, 4.69) is 10.6 Å². The predicted molar refractivity (Wildman–Crippen MR) is 98.4 cm³/mol. The van der Waals surface area contributed by atoms with Crippen LogP contribution < -0.4 is 15.4 Å². The normalized spacial score (nSPS) is 10.8.